The molecule has 4 rings (SSSR count). The van der Waals surface area contributed by atoms with Gasteiger partial charge in [-0.3, -0.25) is 9.69 Å². The van der Waals surface area contributed by atoms with E-state index in [0.29, 0.717) is 40.7 Å². The number of aryl methyl sites for hydroxylation is 1. The monoisotopic (exact) mass is 464 g/mol. The third kappa shape index (κ3) is 5.00. The molecular weight excluding hydrogens is 446 g/mol. The Balaban J connectivity index is 0.00000272. The van der Waals surface area contributed by atoms with Crippen molar-refractivity contribution in [2.24, 2.45) is 0 Å². The van der Waals surface area contributed by atoms with Gasteiger partial charge in [0, 0.05) is 37.1 Å². The van der Waals surface area contributed by atoms with Gasteiger partial charge in [0.15, 0.2) is 10.9 Å². The van der Waals surface area contributed by atoms with Gasteiger partial charge in [0.1, 0.15) is 17.1 Å². The number of benzene rings is 2. The number of halogens is 3. The Labute approximate surface area is 187 Å². The van der Waals surface area contributed by atoms with E-state index >= 15 is 0 Å². The minimum absolute atomic E-state index is 0. The molecule has 31 heavy (non-hydrogen) atoms. The van der Waals surface area contributed by atoms with E-state index in [4.69, 9.17) is 4.74 Å². The number of hydrogen-bond donors (Lipinski definition) is 0. The second kappa shape index (κ2) is 9.84. The molecule has 0 saturated carbocycles. The Morgan fingerprint density at radius 1 is 1.23 bits per heavy atom. The van der Waals surface area contributed by atoms with Gasteiger partial charge in [0.05, 0.1) is 18.1 Å². The summed E-state index contributed by atoms with van der Waals surface area (Å²) in [6.07, 6.45) is 5.85. The molecule has 0 aliphatic heterocycles. The Kier molecular flexibility index (Phi) is 7.19. The first-order valence-corrected chi connectivity index (χ1v) is 10.0. The number of amides is 1. The van der Waals surface area contributed by atoms with Crippen LogP contribution in [0.1, 0.15) is 16.8 Å². The summed E-state index contributed by atoms with van der Waals surface area (Å²) in [5.41, 5.74) is 0.503. The van der Waals surface area contributed by atoms with Gasteiger partial charge in [-0.25, -0.2) is 18.7 Å². The normalized spacial score (nSPS) is 10.7. The van der Waals surface area contributed by atoms with E-state index < -0.39 is 11.6 Å². The van der Waals surface area contributed by atoms with Crippen LogP contribution in [0.2, 0.25) is 0 Å². The maximum Gasteiger partial charge on any atom is 0.260 e. The first kappa shape index (κ1) is 22.6. The molecule has 0 radical (unpaired) electrons. The lowest BCUT2D eigenvalue weighted by Crippen LogP contribution is -2.32. The number of anilines is 1. The smallest absolute Gasteiger partial charge is 0.260 e. The predicted octanol–water partition coefficient (Wildman–Crippen LogP) is 4.94. The molecule has 162 valence electrons. The number of hydrogen-bond acceptors (Lipinski definition) is 5. The lowest BCUT2D eigenvalue weighted by Gasteiger charge is -2.20. The molecule has 0 atom stereocenters. The molecule has 10 heteroatoms. The molecular formula is C21H19ClF2N4O2S. The summed E-state index contributed by atoms with van der Waals surface area (Å²) >= 11 is 1.08. The van der Waals surface area contributed by atoms with Crippen molar-refractivity contribution in [1.29, 1.82) is 0 Å². The van der Waals surface area contributed by atoms with Gasteiger partial charge >= 0.3 is 0 Å². The van der Waals surface area contributed by atoms with Crippen molar-refractivity contribution in [2.75, 3.05) is 18.6 Å². The standard InChI is InChI=1S/C21H18F2N4O2S.ClH/c1-29-16-5-3-14(4-6-16)20(28)27(9-2-8-26-10-7-24-13-26)21-25-19-17(23)11-15(22)12-18(19)30-21;/h3-7,10-13H,2,8-9H2,1H3;1H. The summed E-state index contributed by atoms with van der Waals surface area (Å²) in [6.45, 7) is 1.01. The SMILES string of the molecule is COc1ccc(C(=O)N(CCCn2ccnc2)c2nc3c(F)cc(F)cc3s2)cc1.Cl. The van der Waals surface area contributed by atoms with Crippen LogP contribution in [-0.4, -0.2) is 34.1 Å². The summed E-state index contributed by atoms with van der Waals surface area (Å²) in [4.78, 5) is 23.0. The lowest BCUT2D eigenvalue weighted by molar-refractivity contribution is 0.0986. The van der Waals surface area contributed by atoms with Crippen molar-refractivity contribution in [1.82, 2.24) is 14.5 Å². The van der Waals surface area contributed by atoms with Gasteiger partial charge in [0.2, 0.25) is 0 Å². The lowest BCUT2D eigenvalue weighted by atomic mass is 10.2. The first-order chi connectivity index (χ1) is 14.5. The Morgan fingerprint density at radius 3 is 2.68 bits per heavy atom. The molecule has 6 nitrogen and oxygen atoms in total. The molecule has 0 spiro atoms. The fraction of sp³-hybridized carbons (Fsp3) is 0.190. The van der Waals surface area contributed by atoms with Crippen LogP contribution in [-0.2, 0) is 6.54 Å². The number of aromatic nitrogens is 3. The van der Waals surface area contributed by atoms with E-state index in [0.717, 1.165) is 17.4 Å². The van der Waals surface area contributed by atoms with Crippen LogP contribution in [0.4, 0.5) is 13.9 Å². The number of nitrogens with zero attached hydrogens (tertiary/aromatic N) is 4. The van der Waals surface area contributed by atoms with Crippen molar-refractivity contribution < 1.29 is 18.3 Å². The number of imidazole rings is 1. The van der Waals surface area contributed by atoms with Gasteiger partial charge in [-0.05, 0) is 36.8 Å². The molecule has 0 fully saturated rings. The number of carbonyl (C=O) groups is 1. The summed E-state index contributed by atoms with van der Waals surface area (Å²) in [5.74, 6) is -1.06. The third-order valence-electron chi connectivity index (χ3n) is 4.57. The quantitative estimate of drug-likeness (QED) is 0.389. The van der Waals surface area contributed by atoms with Crippen LogP contribution in [0.25, 0.3) is 10.2 Å². The van der Waals surface area contributed by atoms with E-state index in [1.165, 1.54) is 11.0 Å². The van der Waals surface area contributed by atoms with Gasteiger partial charge in [-0.2, -0.15) is 0 Å². The highest BCUT2D eigenvalue weighted by Crippen LogP contribution is 2.32. The maximum absolute atomic E-state index is 14.1. The fourth-order valence-electron chi connectivity index (χ4n) is 3.06. The second-order valence-corrected chi connectivity index (χ2v) is 7.58. The van der Waals surface area contributed by atoms with E-state index in [1.54, 1.807) is 43.9 Å². The zero-order valence-corrected chi connectivity index (χ0v) is 18.1. The molecule has 1 amide bonds. The number of rotatable bonds is 7. The number of methoxy groups -OCH3 is 1. The number of ether oxygens (including phenoxy) is 1. The topological polar surface area (TPSA) is 60.2 Å². The molecule has 2 aromatic carbocycles. The average molecular weight is 465 g/mol. The van der Waals surface area contributed by atoms with Gasteiger partial charge in [-0.1, -0.05) is 11.3 Å². The largest absolute Gasteiger partial charge is 0.497 e. The molecule has 0 unspecified atom stereocenters. The van der Waals surface area contributed by atoms with Crippen molar-refractivity contribution in [3.05, 3.63) is 72.3 Å². The molecule has 4 aromatic rings. The Morgan fingerprint density at radius 2 is 2.00 bits per heavy atom. The molecule has 0 bridgehead atoms. The number of thiazole rings is 1. The van der Waals surface area contributed by atoms with Crippen LogP contribution < -0.4 is 9.64 Å². The molecule has 0 saturated heterocycles. The minimum Gasteiger partial charge on any atom is -0.497 e. The maximum atomic E-state index is 14.1. The number of fused-ring (bicyclic) bond motifs is 1. The van der Waals surface area contributed by atoms with Crippen LogP contribution >= 0.6 is 23.7 Å². The van der Waals surface area contributed by atoms with E-state index in [9.17, 15) is 13.6 Å². The van der Waals surface area contributed by atoms with Crippen molar-refractivity contribution in [3.8, 4) is 5.75 Å². The van der Waals surface area contributed by atoms with E-state index in [1.807, 2.05) is 10.8 Å². The molecule has 0 aliphatic rings. The first-order valence-electron chi connectivity index (χ1n) is 9.22. The minimum atomic E-state index is -0.747. The summed E-state index contributed by atoms with van der Waals surface area (Å²) in [7, 11) is 1.55. The third-order valence-corrected chi connectivity index (χ3v) is 5.60. The number of carbonyl (C=O) groups excluding carboxylic acids is 1. The van der Waals surface area contributed by atoms with E-state index in [2.05, 4.69) is 9.97 Å². The predicted molar refractivity (Wildman–Crippen MR) is 118 cm³/mol. The van der Waals surface area contributed by atoms with Crippen molar-refractivity contribution >= 4 is 45.0 Å². The average Bonchev–Trinajstić information content (AvgIpc) is 3.41. The highest BCUT2D eigenvalue weighted by molar-refractivity contribution is 7.22. The summed E-state index contributed by atoms with van der Waals surface area (Å²) in [5, 5.41) is 0.320. The van der Waals surface area contributed by atoms with Crippen LogP contribution in [0.15, 0.2) is 55.1 Å². The molecule has 0 N–H and O–H groups in total. The molecule has 2 heterocycles. The summed E-state index contributed by atoms with van der Waals surface area (Å²) in [6, 6.07) is 8.74. The molecule has 2 aromatic heterocycles. The van der Waals surface area contributed by atoms with E-state index in [-0.39, 0.29) is 23.8 Å². The Bertz CT molecular complexity index is 1170. The Hall–Kier alpha value is -3.04. The van der Waals surface area contributed by atoms with Crippen molar-refractivity contribution in [3.63, 3.8) is 0 Å². The van der Waals surface area contributed by atoms with Gasteiger partial charge in [0.25, 0.3) is 5.91 Å². The summed E-state index contributed by atoms with van der Waals surface area (Å²) < 4.78 is 35.1. The van der Waals surface area contributed by atoms with Crippen LogP contribution in [0.5, 0.6) is 5.75 Å². The van der Waals surface area contributed by atoms with Crippen LogP contribution in [0, 0.1) is 11.6 Å². The zero-order valence-electron chi connectivity index (χ0n) is 16.5. The van der Waals surface area contributed by atoms with Gasteiger partial charge < -0.3 is 9.30 Å². The molecule has 0 aliphatic carbocycles. The highest BCUT2D eigenvalue weighted by atomic mass is 35.5. The van der Waals surface area contributed by atoms with Gasteiger partial charge in [-0.15, -0.1) is 12.4 Å². The zero-order chi connectivity index (χ0) is 21.1. The highest BCUT2D eigenvalue weighted by Gasteiger charge is 2.22. The van der Waals surface area contributed by atoms with Crippen molar-refractivity contribution in [2.45, 2.75) is 13.0 Å². The van der Waals surface area contributed by atoms with Crippen LogP contribution in [0.3, 0.4) is 0 Å². The second-order valence-electron chi connectivity index (χ2n) is 6.57. The fourth-order valence-corrected chi connectivity index (χ4v) is 4.09.